The molecule has 1 aliphatic carbocycles. The Morgan fingerprint density at radius 2 is 2.26 bits per heavy atom. The van der Waals surface area contributed by atoms with Crippen molar-refractivity contribution in [2.24, 2.45) is 11.8 Å². The monoisotopic (exact) mass is 320 g/mol. The standard InChI is InChI=1S/C16H21BrN2/c1-12-3-2-4-13(9-12)7-8-19-15-6-5-14(11-18)16(17)10-15/h5-6,10,12-13,19H,2-4,7-9H2,1H3. The number of halogens is 1. The van der Waals surface area contributed by atoms with Crippen molar-refractivity contribution in [2.75, 3.05) is 11.9 Å². The topological polar surface area (TPSA) is 35.8 Å². The minimum absolute atomic E-state index is 0.687. The molecule has 3 heteroatoms. The highest BCUT2D eigenvalue weighted by molar-refractivity contribution is 9.10. The van der Waals surface area contributed by atoms with E-state index < -0.39 is 0 Å². The third kappa shape index (κ3) is 4.24. The number of rotatable bonds is 4. The third-order valence-electron chi connectivity index (χ3n) is 4.02. The highest BCUT2D eigenvalue weighted by Gasteiger charge is 2.18. The molecule has 1 aliphatic rings. The van der Waals surface area contributed by atoms with E-state index >= 15 is 0 Å². The molecular weight excluding hydrogens is 300 g/mol. The summed E-state index contributed by atoms with van der Waals surface area (Å²) in [6, 6.07) is 7.98. The molecule has 1 fully saturated rings. The molecule has 1 aromatic rings. The first-order valence-electron chi connectivity index (χ1n) is 7.12. The lowest BCUT2D eigenvalue weighted by molar-refractivity contribution is 0.274. The summed E-state index contributed by atoms with van der Waals surface area (Å²) >= 11 is 3.42. The van der Waals surface area contributed by atoms with E-state index in [9.17, 15) is 0 Å². The summed E-state index contributed by atoms with van der Waals surface area (Å²) in [6.45, 7) is 3.40. The molecule has 2 nitrogen and oxygen atoms in total. The maximum absolute atomic E-state index is 8.88. The van der Waals surface area contributed by atoms with E-state index in [2.05, 4.69) is 34.2 Å². The molecule has 1 saturated carbocycles. The van der Waals surface area contributed by atoms with Crippen molar-refractivity contribution in [3.63, 3.8) is 0 Å². The number of hydrogen-bond donors (Lipinski definition) is 1. The minimum atomic E-state index is 0.687. The summed E-state index contributed by atoms with van der Waals surface area (Å²) in [5, 5.41) is 12.3. The Hall–Kier alpha value is -1.01. The number of nitriles is 1. The van der Waals surface area contributed by atoms with Crippen molar-refractivity contribution < 1.29 is 0 Å². The largest absolute Gasteiger partial charge is 0.385 e. The highest BCUT2D eigenvalue weighted by atomic mass is 79.9. The molecule has 2 rings (SSSR count). The molecule has 0 heterocycles. The lowest BCUT2D eigenvalue weighted by atomic mass is 9.81. The van der Waals surface area contributed by atoms with E-state index in [0.29, 0.717) is 5.56 Å². The van der Waals surface area contributed by atoms with Gasteiger partial charge in [0.1, 0.15) is 6.07 Å². The van der Waals surface area contributed by atoms with Gasteiger partial charge in [-0.15, -0.1) is 0 Å². The van der Waals surface area contributed by atoms with Gasteiger partial charge in [0.05, 0.1) is 5.56 Å². The lowest BCUT2D eigenvalue weighted by Crippen LogP contribution is -2.16. The Morgan fingerprint density at radius 3 is 2.95 bits per heavy atom. The Balaban J connectivity index is 1.79. The predicted molar refractivity (Wildman–Crippen MR) is 83.1 cm³/mol. The van der Waals surface area contributed by atoms with Crippen molar-refractivity contribution in [2.45, 2.75) is 39.0 Å². The molecule has 0 spiro atoms. The van der Waals surface area contributed by atoms with Gasteiger partial charge in [-0.3, -0.25) is 0 Å². The van der Waals surface area contributed by atoms with Crippen LogP contribution in [0.15, 0.2) is 22.7 Å². The van der Waals surface area contributed by atoms with E-state index in [-0.39, 0.29) is 0 Å². The third-order valence-corrected chi connectivity index (χ3v) is 4.67. The SMILES string of the molecule is CC1CCCC(CCNc2ccc(C#N)c(Br)c2)C1. The van der Waals surface area contributed by atoms with Crippen molar-refractivity contribution in [1.82, 2.24) is 0 Å². The van der Waals surface area contributed by atoms with Crippen molar-refractivity contribution >= 4 is 21.6 Å². The zero-order valence-corrected chi connectivity index (χ0v) is 13.0. The molecule has 0 aliphatic heterocycles. The van der Waals surface area contributed by atoms with Gasteiger partial charge >= 0.3 is 0 Å². The first-order chi connectivity index (χ1) is 9.19. The molecule has 0 bridgehead atoms. The second kappa shape index (κ2) is 6.96. The molecule has 2 atom stereocenters. The smallest absolute Gasteiger partial charge is 0.100 e. The minimum Gasteiger partial charge on any atom is -0.385 e. The van der Waals surface area contributed by atoms with Crippen LogP contribution in [-0.4, -0.2) is 6.54 Å². The zero-order chi connectivity index (χ0) is 13.7. The number of hydrogen-bond acceptors (Lipinski definition) is 2. The Morgan fingerprint density at radius 1 is 1.42 bits per heavy atom. The summed E-state index contributed by atoms with van der Waals surface area (Å²) < 4.78 is 0.867. The summed E-state index contributed by atoms with van der Waals surface area (Å²) in [5.41, 5.74) is 1.78. The van der Waals surface area contributed by atoms with E-state index in [1.165, 1.54) is 32.1 Å². The second-order valence-corrected chi connectivity index (χ2v) is 6.51. The Labute approximate surface area is 124 Å². The average Bonchev–Trinajstić information content (AvgIpc) is 2.39. The van der Waals surface area contributed by atoms with Crippen LogP contribution in [0.5, 0.6) is 0 Å². The molecule has 1 aromatic carbocycles. The van der Waals surface area contributed by atoms with E-state index in [0.717, 1.165) is 28.5 Å². The van der Waals surface area contributed by atoms with Crippen LogP contribution in [0.4, 0.5) is 5.69 Å². The van der Waals surface area contributed by atoms with Gasteiger partial charge in [0, 0.05) is 16.7 Å². The van der Waals surface area contributed by atoms with Crippen LogP contribution in [-0.2, 0) is 0 Å². The fourth-order valence-electron chi connectivity index (χ4n) is 2.96. The normalized spacial score (nSPS) is 22.8. The number of nitrogens with one attached hydrogen (secondary N) is 1. The molecule has 19 heavy (non-hydrogen) atoms. The van der Waals surface area contributed by atoms with Crippen LogP contribution < -0.4 is 5.32 Å². The fraction of sp³-hybridized carbons (Fsp3) is 0.562. The molecule has 102 valence electrons. The highest BCUT2D eigenvalue weighted by Crippen LogP contribution is 2.30. The van der Waals surface area contributed by atoms with Gasteiger partial charge in [-0.25, -0.2) is 0 Å². The van der Waals surface area contributed by atoms with E-state index in [1.807, 2.05) is 18.2 Å². The van der Waals surface area contributed by atoms with Crippen molar-refractivity contribution in [3.8, 4) is 6.07 Å². The quantitative estimate of drug-likeness (QED) is 0.852. The van der Waals surface area contributed by atoms with Crippen LogP contribution in [0.3, 0.4) is 0 Å². The van der Waals surface area contributed by atoms with Crippen LogP contribution in [0.1, 0.15) is 44.6 Å². The molecular formula is C16H21BrN2. The average molecular weight is 321 g/mol. The summed E-state index contributed by atoms with van der Waals surface area (Å²) in [5.74, 6) is 1.79. The predicted octanol–water partition coefficient (Wildman–Crippen LogP) is 4.95. The zero-order valence-electron chi connectivity index (χ0n) is 11.5. The molecule has 0 radical (unpaired) electrons. The van der Waals surface area contributed by atoms with Gasteiger partial charge in [-0.1, -0.05) is 26.2 Å². The molecule has 2 unspecified atom stereocenters. The maximum atomic E-state index is 8.88. The van der Waals surface area contributed by atoms with Gasteiger partial charge in [0.2, 0.25) is 0 Å². The van der Waals surface area contributed by atoms with E-state index in [4.69, 9.17) is 5.26 Å². The number of nitrogens with zero attached hydrogens (tertiary/aromatic N) is 1. The van der Waals surface area contributed by atoms with E-state index in [1.54, 1.807) is 0 Å². The fourth-order valence-corrected chi connectivity index (χ4v) is 3.43. The second-order valence-electron chi connectivity index (χ2n) is 5.66. The van der Waals surface area contributed by atoms with Crippen LogP contribution >= 0.6 is 15.9 Å². The van der Waals surface area contributed by atoms with Gasteiger partial charge in [-0.05, 0) is 58.8 Å². The molecule has 0 amide bonds. The number of anilines is 1. The molecule has 0 saturated heterocycles. The van der Waals surface area contributed by atoms with Gasteiger partial charge in [-0.2, -0.15) is 5.26 Å². The van der Waals surface area contributed by atoms with Gasteiger partial charge in [0.15, 0.2) is 0 Å². The lowest BCUT2D eigenvalue weighted by Gasteiger charge is -2.26. The van der Waals surface area contributed by atoms with Crippen LogP contribution in [0.2, 0.25) is 0 Å². The van der Waals surface area contributed by atoms with Gasteiger partial charge < -0.3 is 5.32 Å². The summed E-state index contributed by atoms with van der Waals surface area (Å²) in [7, 11) is 0. The Kier molecular flexibility index (Phi) is 5.27. The Bertz CT molecular complexity index is 464. The van der Waals surface area contributed by atoms with Crippen molar-refractivity contribution in [1.29, 1.82) is 5.26 Å². The van der Waals surface area contributed by atoms with Gasteiger partial charge in [0.25, 0.3) is 0 Å². The first-order valence-corrected chi connectivity index (χ1v) is 7.92. The molecule has 0 aromatic heterocycles. The summed E-state index contributed by atoms with van der Waals surface area (Å²) in [6.07, 6.45) is 6.84. The van der Waals surface area contributed by atoms with Crippen LogP contribution in [0, 0.1) is 23.2 Å². The number of benzene rings is 1. The summed E-state index contributed by atoms with van der Waals surface area (Å²) in [4.78, 5) is 0. The maximum Gasteiger partial charge on any atom is 0.100 e. The first kappa shape index (κ1) is 14.4. The van der Waals surface area contributed by atoms with Crippen molar-refractivity contribution in [3.05, 3.63) is 28.2 Å². The van der Waals surface area contributed by atoms with Crippen LogP contribution in [0.25, 0.3) is 0 Å². The molecule has 1 N–H and O–H groups in total.